The van der Waals surface area contributed by atoms with Crippen molar-refractivity contribution >= 4 is 15.8 Å². The lowest BCUT2D eigenvalue weighted by molar-refractivity contribution is 0.0587. The lowest BCUT2D eigenvalue weighted by Gasteiger charge is -2.09. The standard InChI is InChI=1S/C13H16N4O4S/c1-16-7-9(5-15-16)8-22(19,20)13-14-6-11(12(18)21-2)17(13)10-3-4-10/h5-7,10H,3-4,8H2,1-2H3. The number of carbonyl (C=O) groups excluding carboxylic acids is 1. The molecule has 0 atom stereocenters. The highest BCUT2D eigenvalue weighted by Crippen LogP contribution is 2.38. The highest BCUT2D eigenvalue weighted by atomic mass is 32.2. The van der Waals surface area contributed by atoms with E-state index >= 15 is 0 Å². The van der Waals surface area contributed by atoms with Gasteiger partial charge in [-0.1, -0.05) is 0 Å². The summed E-state index contributed by atoms with van der Waals surface area (Å²) >= 11 is 0. The minimum Gasteiger partial charge on any atom is -0.464 e. The van der Waals surface area contributed by atoms with Gasteiger partial charge in [-0.15, -0.1) is 0 Å². The van der Waals surface area contributed by atoms with E-state index < -0.39 is 15.8 Å². The summed E-state index contributed by atoms with van der Waals surface area (Å²) < 4.78 is 32.9. The zero-order valence-corrected chi connectivity index (χ0v) is 13.1. The Morgan fingerprint density at radius 1 is 1.41 bits per heavy atom. The van der Waals surface area contributed by atoms with Gasteiger partial charge in [-0.3, -0.25) is 4.68 Å². The molecule has 2 heterocycles. The summed E-state index contributed by atoms with van der Waals surface area (Å²) in [6.07, 6.45) is 6.07. The molecule has 3 rings (SSSR count). The van der Waals surface area contributed by atoms with E-state index in [2.05, 4.69) is 10.1 Å². The number of nitrogens with zero attached hydrogens (tertiary/aromatic N) is 4. The van der Waals surface area contributed by atoms with Crippen molar-refractivity contribution in [2.45, 2.75) is 29.8 Å². The number of sulfone groups is 1. The van der Waals surface area contributed by atoms with Gasteiger partial charge >= 0.3 is 5.97 Å². The number of carbonyl (C=O) groups is 1. The smallest absolute Gasteiger partial charge is 0.356 e. The maximum absolute atomic E-state index is 12.6. The predicted molar refractivity (Wildman–Crippen MR) is 75.9 cm³/mol. The van der Waals surface area contributed by atoms with E-state index in [-0.39, 0.29) is 22.6 Å². The molecule has 1 fully saturated rings. The van der Waals surface area contributed by atoms with Crippen molar-refractivity contribution < 1.29 is 17.9 Å². The molecular weight excluding hydrogens is 308 g/mol. The fourth-order valence-electron chi connectivity index (χ4n) is 2.35. The summed E-state index contributed by atoms with van der Waals surface area (Å²) in [5.74, 6) is -0.784. The number of esters is 1. The Balaban J connectivity index is 2.00. The van der Waals surface area contributed by atoms with Crippen LogP contribution in [0.4, 0.5) is 0 Å². The zero-order valence-electron chi connectivity index (χ0n) is 12.3. The van der Waals surface area contributed by atoms with Crippen LogP contribution in [-0.4, -0.2) is 40.8 Å². The Hall–Kier alpha value is -2.16. The van der Waals surface area contributed by atoms with E-state index in [1.807, 2.05) is 0 Å². The van der Waals surface area contributed by atoms with Crippen LogP contribution >= 0.6 is 0 Å². The van der Waals surface area contributed by atoms with Crippen LogP contribution in [0.3, 0.4) is 0 Å². The van der Waals surface area contributed by atoms with Gasteiger partial charge < -0.3 is 9.30 Å². The molecule has 0 aromatic carbocycles. The Kier molecular flexibility index (Phi) is 3.51. The van der Waals surface area contributed by atoms with Crippen LogP contribution in [0.25, 0.3) is 0 Å². The lowest BCUT2D eigenvalue weighted by Crippen LogP contribution is -2.16. The van der Waals surface area contributed by atoms with Crippen molar-refractivity contribution in [3.63, 3.8) is 0 Å². The van der Waals surface area contributed by atoms with Gasteiger partial charge in [0.1, 0.15) is 5.69 Å². The van der Waals surface area contributed by atoms with Crippen molar-refractivity contribution in [2.24, 2.45) is 7.05 Å². The Bertz CT molecular complexity index is 817. The van der Waals surface area contributed by atoms with Gasteiger partial charge in [0.25, 0.3) is 0 Å². The molecule has 0 N–H and O–H groups in total. The van der Waals surface area contributed by atoms with Gasteiger partial charge in [0, 0.05) is 24.8 Å². The monoisotopic (exact) mass is 324 g/mol. The van der Waals surface area contributed by atoms with Gasteiger partial charge in [0.2, 0.25) is 15.0 Å². The van der Waals surface area contributed by atoms with E-state index in [9.17, 15) is 13.2 Å². The molecule has 0 saturated heterocycles. The second kappa shape index (κ2) is 5.24. The molecule has 8 nitrogen and oxygen atoms in total. The molecule has 0 spiro atoms. The molecule has 0 amide bonds. The second-order valence-electron chi connectivity index (χ2n) is 5.30. The van der Waals surface area contributed by atoms with E-state index in [1.54, 1.807) is 13.2 Å². The first-order valence-corrected chi connectivity index (χ1v) is 8.43. The third kappa shape index (κ3) is 2.63. The quantitative estimate of drug-likeness (QED) is 0.752. The predicted octanol–water partition coefficient (Wildman–Crippen LogP) is 0.712. The average Bonchev–Trinajstić information content (AvgIpc) is 3.07. The van der Waals surface area contributed by atoms with Crippen LogP contribution in [0.15, 0.2) is 23.7 Å². The van der Waals surface area contributed by atoms with Gasteiger partial charge in [-0.05, 0) is 12.8 Å². The molecule has 1 aliphatic rings. The highest BCUT2D eigenvalue weighted by Gasteiger charge is 2.35. The number of hydrogen-bond donors (Lipinski definition) is 0. The van der Waals surface area contributed by atoms with Crippen LogP contribution in [0.2, 0.25) is 0 Å². The maximum atomic E-state index is 12.6. The molecule has 1 aliphatic carbocycles. The number of hydrogen-bond acceptors (Lipinski definition) is 6. The molecular formula is C13H16N4O4S. The van der Waals surface area contributed by atoms with Crippen LogP contribution < -0.4 is 0 Å². The molecule has 118 valence electrons. The lowest BCUT2D eigenvalue weighted by atomic mass is 10.4. The van der Waals surface area contributed by atoms with E-state index in [4.69, 9.17) is 4.74 Å². The Morgan fingerprint density at radius 2 is 2.14 bits per heavy atom. The van der Waals surface area contributed by atoms with Crippen LogP contribution in [0.5, 0.6) is 0 Å². The second-order valence-corrected chi connectivity index (χ2v) is 7.18. The first-order chi connectivity index (χ1) is 10.4. The fourth-order valence-corrected chi connectivity index (χ4v) is 3.82. The Labute approximate surface area is 127 Å². The van der Waals surface area contributed by atoms with Crippen molar-refractivity contribution in [2.75, 3.05) is 7.11 Å². The Morgan fingerprint density at radius 3 is 2.68 bits per heavy atom. The van der Waals surface area contributed by atoms with Gasteiger partial charge in [0.05, 0.1) is 25.3 Å². The molecule has 1 saturated carbocycles. The molecule has 22 heavy (non-hydrogen) atoms. The summed E-state index contributed by atoms with van der Waals surface area (Å²) in [7, 11) is -0.687. The van der Waals surface area contributed by atoms with Crippen molar-refractivity contribution in [1.29, 1.82) is 0 Å². The summed E-state index contributed by atoms with van der Waals surface area (Å²) in [6, 6.07) is -0.00438. The van der Waals surface area contributed by atoms with E-state index in [1.165, 1.54) is 28.8 Å². The molecule has 0 aliphatic heterocycles. The zero-order chi connectivity index (χ0) is 15.9. The summed E-state index contributed by atoms with van der Waals surface area (Å²) in [5.41, 5.74) is 0.752. The molecule has 0 bridgehead atoms. The first kappa shape index (κ1) is 14.8. The van der Waals surface area contributed by atoms with Gasteiger partial charge in [-0.25, -0.2) is 18.2 Å². The first-order valence-electron chi connectivity index (χ1n) is 6.78. The largest absolute Gasteiger partial charge is 0.464 e. The number of methoxy groups -OCH3 is 1. The maximum Gasteiger partial charge on any atom is 0.356 e. The number of aryl methyl sites for hydroxylation is 1. The molecule has 2 aromatic rings. The highest BCUT2D eigenvalue weighted by molar-refractivity contribution is 7.90. The van der Waals surface area contributed by atoms with Crippen LogP contribution in [0, 0.1) is 0 Å². The summed E-state index contributed by atoms with van der Waals surface area (Å²) in [6.45, 7) is 0. The third-order valence-electron chi connectivity index (χ3n) is 3.46. The molecule has 2 aromatic heterocycles. The molecule has 0 unspecified atom stereocenters. The number of aromatic nitrogens is 4. The number of imidazole rings is 1. The molecule has 9 heteroatoms. The van der Waals surface area contributed by atoms with Gasteiger partial charge in [-0.2, -0.15) is 5.10 Å². The van der Waals surface area contributed by atoms with Crippen molar-refractivity contribution in [3.8, 4) is 0 Å². The SMILES string of the molecule is COC(=O)c1cnc(S(=O)(=O)Cc2cnn(C)c2)n1C1CC1. The number of rotatable bonds is 5. The fraction of sp³-hybridized carbons (Fsp3) is 0.462. The minimum absolute atomic E-state index is 0.00438. The van der Waals surface area contributed by atoms with E-state index in [0.29, 0.717) is 5.56 Å². The van der Waals surface area contributed by atoms with Gasteiger partial charge in [0.15, 0.2) is 0 Å². The van der Waals surface area contributed by atoms with E-state index in [0.717, 1.165) is 12.8 Å². The minimum atomic E-state index is -3.67. The topological polar surface area (TPSA) is 96.1 Å². The number of ether oxygens (including phenoxy) is 1. The summed E-state index contributed by atoms with van der Waals surface area (Å²) in [5, 5.41) is 3.88. The third-order valence-corrected chi connectivity index (χ3v) is 5.03. The van der Waals surface area contributed by atoms with Crippen LogP contribution in [-0.2, 0) is 27.4 Å². The molecule has 0 radical (unpaired) electrons. The normalized spacial score (nSPS) is 15.0. The summed E-state index contributed by atoms with van der Waals surface area (Å²) in [4.78, 5) is 15.7. The van der Waals surface area contributed by atoms with Crippen molar-refractivity contribution in [1.82, 2.24) is 19.3 Å². The average molecular weight is 324 g/mol. The van der Waals surface area contributed by atoms with Crippen molar-refractivity contribution in [3.05, 3.63) is 29.8 Å². The van der Waals surface area contributed by atoms with Crippen LogP contribution in [0.1, 0.15) is 34.9 Å².